The molecule has 2 heterocycles. The first-order valence-electron chi connectivity index (χ1n) is 6.36. The van der Waals surface area contributed by atoms with E-state index in [1.807, 2.05) is 36.4 Å². The van der Waals surface area contributed by atoms with Crippen LogP contribution in [0, 0.1) is 3.77 Å². The van der Waals surface area contributed by atoms with E-state index < -0.39 is 0 Å². The lowest BCUT2D eigenvalue weighted by Crippen LogP contribution is -2.27. The van der Waals surface area contributed by atoms with Crippen LogP contribution in [0.4, 0.5) is 16.2 Å². The Balaban J connectivity index is 1.62. The number of anilines is 2. The van der Waals surface area contributed by atoms with Crippen molar-refractivity contribution in [1.82, 2.24) is 5.32 Å². The quantitative estimate of drug-likeness (QED) is 0.799. The van der Waals surface area contributed by atoms with E-state index in [9.17, 15) is 4.79 Å². The van der Waals surface area contributed by atoms with E-state index in [2.05, 4.69) is 33.2 Å². The van der Waals surface area contributed by atoms with E-state index in [0.29, 0.717) is 13.1 Å². The third kappa shape index (κ3) is 2.90. The van der Waals surface area contributed by atoms with E-state index in [1.54, 1.807) is 4.90 Å². The first kappa shape index (κ1) is 13.3. The number of nitrogens with one attached hydrogen (secondary N) is 2. The van der Waals surface area contributed by atoms with Gasteiger partial charge < -0.3 is 15.1 Å². The molecular weight excluding hydrogens is 369 g/mol. The van der Waals surface area contributed by atoms with Crippen LogP contribution in [0.25, 0.3) is 0 Å². The van der Waals surface area contributed by atoms with E-state index in [0.717, 1.165) is 27.4 Å². The van der Waals surface area contributed by atoms with Crippen molar-refractivity contribution in [2.75, 3.05) is 23.3 Å². The molecule has 1 saturated heterocycles. The van der Waals surface area contributed by atoms with Gasteiger partial charge in [-0.05, 0) is 59.0 Å². The largest absolute Gasteiger partial charge is 0.454 e. The summed E-state index contributed by atoms with van der Waals surface area (Å²) >= 11 is 2.14. The second kappa shape index (κ2) is 5.74. The summed E-state index contributed by atoms with van der Waals surface area (Å²) in [7, 11) is 0. The highest BCUT2D eigenvalue weighted by atomic mass is 127. The fourth-order valence-corrected chi connectivity index (χ4v) is 2.58. The Morgan fingerprint density at radius 2 is 2.05 bits per heavy atom. The van der Waals surface area contributed by atoms with Crippen molar-refractivity contribution in [3.05, 3.63) is 45.9 Å². The van der Waals surface area contributed by atoms with Gasteiger partial charge in [0.2, 0.25) is 0 Å². The SMILES string of the molecule is O=C1NCCN1c1ccc(NCc2ccc(I)o2)cc1. The Labute approximate surface area is 130 Å². The van der Waals surface area contributed by atoms with Crippen LogP contribution in [0.3, 0.4) is 0 Å². The summed E-state index contributed by atoms with van der Waals surface area (Å²) in [5.74, 6) is 0.900. The lowest BCUT2D eigenvalue weighted by molar-refractivity contribution is 0.252. The fourth-order valence-electron chi connectivity index (χ4n) is 2.11. The van der Waals surface area contributed by atoms with Gasteiger partial charge in [0.25, 0.3) is 0 Å². The molecule has 1 aromatic carbocycles. The minimum Gasteiger partial charge on any atom is -0.454 e. The topological polar surface area (TPSA) is 57.5 Å². The van der Waals surface area contributed by atoms with Gasteiger partial charge >= 0.3 is 6.03 Å². The number of benzene rings is 1. The number of halogens is 1. The molecule has 2 amide bonds. The molecule has 0 aliphatic carbocycles. The van der Waals surface area contributed by atoms with Crippen LogP contribution in [-0.4, -0.2) is 19.1 Å². The zero-order chi connectivity index (χ0) is 13.9. The predicted octanol–water partition coefficient (Wildman–Crippen LogP) is 3.03. The van der Waals surface area contributed by atoms with Gasteiger partial charge in [0.15, 0.2) is 3.77 Å². The smallest absolute Gasteiger partial charge is 0.321 e. The maximum Gasteiger partial charge on any atom is 0.321 e. The van der Waals surface area contributed by atoms with Crippen molar-refractivity contribution in [2.45, 2.75) is 6.54 Å². The van der Waals surface area contributed by atoms with Gasteiger partial charge in [-0.3, -0.25) is 4.90 Å². The van der Waals surface area contributed by atoms with Crippen molar-refractivity contribution in [3.8, 4) is 0 Å². The standard InChI is InChI=1S/C14H14IN3O2/c15-13-6-5-12(20-13)9-17-10-1-3-11(4-2-10)18-8-7-16-14(18)19/h1-6,17H,7-9H2,(H,16,19). The Morgan fingerprint density at radius 3 is 2.65 bits per heavy atom. The molecule has 0 spiro atoms. The zero-order valence-electron chi connectivity index (χ0n) is 10.7. The molecule has 0 atom stereocenters. The van der Waals surface area contributed by atoms with Gasteiger partial charge in [-0.25, -0.2) is 4.79 Å². The molecule has 0 radical (unpaired) electrons. The average Bonchev–Trinajstić information content (AvgIpc) is 3.06. The van der Waals surface area contributed by atoms with Gasteiger partial charge in [0.1, 0.15) is 5.76 Å². The van der Waals surface area contributed by atoms with Crippen molar-refractivity contribution in [3.63, 3.8) is 0 Å². The summed E-state index contributed by atoms with van der Waals surface area (Å²) in [6.45, 7) is 2.07. The molecule has 5 nitrogen and oxygen atoms in total. The predicted molar refractivity (Wildman–Crippen MR) is 85.9 cm³/mol. The maximum absolute atomic E-state index is 11.6. The van der Waals surface area contributed by atoms with Crippen LogP contribution >= 0.6 is 22.6 Å². The molecule has 1 fully saturated rings. The maximum atomic E-state index is 11.6. The van der Waals surface area contributed by atoms with Crippen molar-refractivity contribution >= 4 is 40.0 Å². The van der Waals surface area contributed by atoms with Crippen LogP contribution in [0.5, 0.6) is 0 Å². The first-order chi connectivity index (χ1) is 9.72. The molecule has 104 valence electrons. The van der Waals surface area contributed by atoms with E-state index in [4.69, 9.17) is 4.42 Å². The molecule has 0 saturated carbocycles. The summed E-state index contributed by atoms with van der Waals surface area (Å²) in [6, 6.07) is 11.7. The highest BCUT2D eigenvalue weighted by molar-refractivity contribution is 14.1. The summed E-state index contributed by atoms with van der Waals surface area (Å²) in [5, 5.41) is 6.08. The number of amides is 2. The number of urea groups is 1. The van der Waals surface area contributed by atoms with Gasteiger partial charge in [0.05, 0.1) is 6.54 Å². The molecule has 1 aliphatic rings. The number of carbonyl (C=O) groups excluding carboxylic acids is 1. The molecule has 0 unspecified atom stereocenters. The highest BCUT2D eigenvalue weighted by Crippen LogP contribution is 2.20. The third-order valence-corrected chi connectivity index (χ3v) is 3.71. The van der Waals surface area contributed by atoms with Crippen LogP contribution in [0.2, 0.25) is 0 Å². The molecule has 2 N–H and O–H groups in total. The molecule has 0 bridgehead atoms. The lowest BCUT2D eigenvalue weighted by Gasteiger charge is -2.14. The molecule has 1 aliphatic heterocycles. The van der Waals surface area contributed by atoms with Crippen LogP contribution in [0.15, 0.2) is 40.8 Å². The van der Waals surface area contributed by atoms with Gasteiger partial charge in [0, 0.05) is 24.5 Å². The van der Waals surface area contributed by atoms with Crippen LogP contribution < -0.4 is 15.5 Å². The lowest BCUT2D eigenvalue weighted by atomic mass is 10.2. The number of carbonyl (C=O) groups is 1. The number of hydrogen-bond acceptors (Lipinski definition) is 3. The zero-order valence-corrected chi connectivity index (χ0v) is 12.9. The summed E-state index contributed by atoms with van der Waals surface area (Å²) in [6.07, 6.45) is 0. The second-order valence-corrected chi connectivity index (χ2v) is 5.55. The number of hydrogen-bond donors (Lipinski definition) is 2. The molecule has 20 heavy (non-hydrogen) atoms. The number of nitrogens with zero attached hydrogens (tertiary/aromatic N) is 1. The average molecular weight is 383 g/mol. The Bertz CT molecular complexity index is 609. The third-order valence-electron chi connectivity index (χ3n) is 3.13. The monoisotopic (exact) mass is 383 g/mol. The Hall–Kier alpha value is -1.70. The minimum absolute atomic E-state index is 0.0316. The normalized spacial score (nSPS) is 14.4. The van der Waals surface area contributed by atoms with Gasteiger partial charge in [-0.1, -0.05) is 0 Å². The van der Waals surface area contributed by atoms with Crippen molar-refractivity contribution < 1.29 is 9.21 Å². The summed E-state index contributed by atoms with van der Waals surface area (Å²) in [4.78, 5) is 13.3. The van der Waals surface area contributed by atoms with E-state index in [1.165, 1.54) is 0 Å². The van der Waals surface area contributed by atoms with Crippen LogP contribution in [0.1, 0.15) is 5.76 Å². The fraction of sp³-hybridized carbons (Fsp3) is 0.214. The molecule has 6 heteroatoms. The van der Waals surface area contributed by atoms with Gasteiger partial charge in [-0.15, -0.1) is 0 Å². The Morgan fingerprint density at radius 1 is 1.25 bits per heavy atom. The van der Waals surface area contributed by atoms with Gasteiger partial charge in [-0.2, -0.15) is 0 Å². The summed E-state index contributed by atoms with van der Waals surface area (Å²) < 4.78 is 6.37. The first-order valence-corrected chi connectivity index (χ1v) is 7.44. The number of furan rings is 1. The van der Waals surface area contributed by atoms with E-state index in [-0.39, 0.29) is 6.03 Å². The number of rotatable bonds is 4. The minimum atomic E-state index is -0.0316. The molecule has 1 aromatic heterocycles. The van der Waals surface area contributed by atoms with Crippen molar-refractivity contribution in [1.29, 1.82) is 0 Å². The highest BCUT2D eigenvalue weighted by Gasteiger charge is 2.20. The van der Waals surface area contributed by atoms with E-state index >= 15 is 0 Å². The molecular formula is C14H14IN3O2. The van der Waals surface area contributed by atoms with Crippen molar-refractivity contribution in [2.24, 2.45) is 0 Å². The second-order valence-electron chi connectivity index (χ2n) is 4.49. The molecule has 2 aromatic rings. The summed E-state index contributed by atoms with van der Waals surface area (Å²) in [5.41, 5.74) is 1.91. The Kier molecular flexibility index (Phi) is 3.81. The van der Waals surface area contributed by atoms with Crippen LogP contribution in [-0.2, 0) is 6.54 Å². The molecule has 3 rings (SSSR count).